The fraction of sp³-hybridized carbons (Fsp3) is 0.167. The van der Waals surface area contributed by atoms with Crippen molar-refractivity contribution in [2.24, 2.45) is 0 Å². The van der Waals surface area contributed by atoms with Crippen molar-refractivity contribution in [3.63, 3.8) is 0 Å². The van der Waals surface area contributed by atoms with E-state index < -0.39 is 0 Å². The average Bonchev–Trinajstić information content (AvgIpc) is 3.25. The quantitative estimate of drug-likeness (QED) is 0.340. The lowest BCUT2D eigenvalue weighted by Crippen LogP contribution is -2.27. The van der Waals surface area contributed by atoms with Crippen molar-refractivity contribution in [1.29, 1.82) is 0 Å². The molecule has 4 aromatic rings. The van der Waals surface area contributed by atoms with Crippen molar-refractivity contribution in [3.8, 4) is 17.1 Å². The summed E-state index contributed by atoms with van der Waals surface area (Å²) in [4.78, 5) is 18.5. The number of aromatic nitrogens is 4. The number of rotatable bonds is 7. The van der Waals surface area contributed by atoms with Crippen molar-refractivity contribution < 1.29 is 9.18 Å². The number of amides is 1. The molecule has 0 aliphatic carbocycles. The van der Waals surface area contributed by atoms with Gasteiger partial charge in [0, 0.05) is 36.6 Å². The minimum Gasteiger partial charge on any atom is -0.341 e. The monoisotopic (exact) mass is 481 g/mol. The van der Waals surface area contributed by atoms with Crippen LogP contribution in [0.25, 0.3) is 17.1 Å². The van der Waals surface area contributed by atoms with E-state index >= 15 is 0 Å². The molecule has 0 spiro atoms. The highest BCUT2D eigenvalue weighted by atomic mass is 35.5. The number of benzene rings is 2. The molecule has 4 rings (SSSR count). The van der Waals surface area contributed by atoms with E-state index in [4.69, 9.17) is 11.6 Å². The second-order valence-electron chi connectivity index (χ2n) is 7.43. The van der Waals surface area contributed by atoms with E-state index in [-0.39, 0.29) is 17.5 Å². The summed E-state index contributed by atoms with van der Waals surface area (Å²) in [6, 6.07) is 15.5. The third-order valence-corrected chi connectivity index (χ3v) is 6.46. The predicted octanol–water partition coefficient (Wildman–Crippen LogP) is 5.18. The Morgan fingerprint density at radius 1 is 1.09 bits per heavy atom. The minimum absolute atomic E-state index is 0.0767. The fourth-order valence-electron chi connectivity index (χ4n) is 3.30. The van der Waals surface area contributed by atoms with E-state index in [0.717, 1.165) is 22.4 Å². The van der Waals surface area contributed by atoms with Gasteiger partial charge >= 0.3 is 0 Å². The second-order valence-corrected chi connectivity index (χ2v) is 8.78. The maximum absolute atomic E-state index is 13.1. The van der Waals surface area contributed by atoms with Gasteiger partial charge in [-0.25, -0.2) is 4.39 Å². The van der Waals surface area contributed by atoms with Crippen LogP contribution >= 0.6 is 23.4 Å². The summed E-state index contributed by atoms with van der Waals surface area (Å²) in [7, 11) is 1.72. The summed E-state index contributed by atoms with van der Waals surface area (Å²) >= 11 is 7.68. The molecule has 6 nitrogen and oxygen atoms in total. The van der Waals surface area contributed by atoms with Crippen molar-refractivity contribution in [2.75, 3.05) is 12.8 Å². The Kier molecular flexibility index (Phi) is 7.05. The molecule has 2 aromatic heterocycles. The van der Waals surface area contributed by atoms with Crippen LogP contribution in [0.1, 0.15) is 11.1 Å². The molecule has 2 aromatic carbocycles. The number of hydrogen-bond acceptors (Lipinski definition) is 5. The van der Waals surface area contributed by atoms with E-state index in [2.05, 4.69) is 15.2 Å². The van der Waals surface area contributed by atoms with Gasteiger partial charge < -0.3 is 4.90 Å². The number of carbonyl (C=O) groups excluding carboxylic acids is 1. The summed E-state index contributed by atoms with van der Waals surface area (Å²) in [6.45, 7) is 2.33. The summed E-state index contributed by atoms with van der Waals surface area (Å²) in [5.41, 5.74) is 3.43. The van der Waals surface area contributed by atoms with Gasteiger partial charge in [-0.3, -0.25) is 14.3 Å². The number of hydrogen-bond donors (Lipinski definition) is 0. The van der Waals surface area contributed by atoms with Gasteiger partial charge in [-0.2, -0.15) is 0 Å². The van der Waals surface area contributed by atoms with E-state index in [9.17, 15) is 9.18 Å². The molecule has 0 N–H and O–H groups in total. The lowest BCUT2D eigenvalue weighted by atomic mass is 10.2. The molecule has 168 valence electrons. The maximum Gasteiger partial charge on any atom is 0.233 e. The fourth-order valence-corrected chi connectivity index (χ4v) is 4.35. The van der Waals surface area contributed by atoms with Crippen molar-refractivity contribution in [1.82, 2.24) is 24.6 Å². The Morgan fingerprint density at radius 2 is 1.82 bits per heavy atom. The Hall–Kier alpha value is -3.23. The molecule has 0 radical (unpaired) electrons. The van der Waals surface area contributed by atoms with E-state index in [1.807, 2.05) is 41.8 Å². The van der Waals surface area contributed by atoms with Gasteiger partial charge in [-0.1, -0.05) is 41.6 Å². The lowest BCUT2D eigenvalue weighted by Gasteiger charge is -2.17. The van der Waals surface area contributed by atoms with Crippen LogP contribution < -0.4 is 0 Å². The third-order valence-electron chi connectivity index (χ3n) is 5.14. The predicted molar refractivity (Wildman–Crippen MR) is 128 cm³/mol. The zero-order chi connectivity index (χ0) is 23.4. The van der Waals surface area contributed by atoms with Gasteiger partial charge in [0.05, 0.1) is 11.4 Å². The molecule has 0 aliphatic rings. The first-order valence-corrected chi connectivity index (χ1v) is 11.5. The molecule has 0 fully saturated rings. The summed E-state index contributed by atoms with van der Waals surface area (Å²) in [5, 5.41) is 9.97. The number of nitrogens with zero attached hydrogens (tertiary/aromatic N) is 5. The molecule has 0 bridgehead atoms. The van der Waals surface area contributed by atoms with Crippen LogP contribution in [-0.2, 0) is 11.3 Å². The average molecular weight is 482 g/mol. The Labute approximate surface area is 200 Å². The van der Waals surface area contributed by atoms with Gasteiger partial charge in [0.2, 0.25) is 5.91 Å². The van der Waals surface area contributed by atoms with Crippen LogP contribution in [0, 0.1) is 12.7 Å². The molecule has 1 amide bonds. The highest BCUT2D eigenvalue weighted by Gasteiger charge is 2.20. The topological polar surface area (TPSA) is 63.9 Å². The van der Waals surface area contributed by atoms with Crippen LogP contribution in [0.4, 0.5) is 4.39 Å². The van der Waals surface area contributed by atoms with Crippen LogP contribution in [0.15, 0.2) is 72.1 Å². The molecule has 33 heavy (non-hydrogen) atoms. The Morgan fingerprint density at radius 3 is 2.55 bits per heavy atom. The summed E-state index contributed by atoms with van der Waals surface area (Å²) in [6.07, 6.45) is 3.39. The molecule has 0 atom stereocenters. The molecule has 0 aliphatic heterocycles. The molecule has 0 saturated carbocycles. The first-order chi connectivity index (χ1) is 15.9. The van der Waals surface area contributed by atoms with Gasteiger partial charge in [-0.05, 0) is 54.4 Å². The van der Waals surface area contributed by atoms with E-state index in [0.29, 0.717) is 22.5 Å². The van der Waals surface area contributed by atoms with Gasteiger partial charge in [0.25, 0.3) is 0 Å². The number of halogens is 2. The molecular weight excluding hydrogens is 461 g/mol. The zero-order valence-electron chi connectivity index (χ0n) is 18.1. The molecular formula is C24H21ClFN5OS. The van der Waals surface area contributed by atoms with Gasteiger partial charge in [-0.15, -0.1) is 10.2 Å². The van der Waals surface area contributed by atoms with Crippen molar-refractivity contribution in [2.45, 2.75) is 18.6 Å². The van der Waals surface area contributed by atoms with E-state index in [1.54, 1.807) is 36.5 Å². The van der Waals surface area contributed by atoms with E-state index in [1.165, 1.54) is 23.9 Å². The molecule has 0 unspecified atom stereocenters. The van der Waals surface area contributed by atoms with Crippen molar-refractivity contribution >= 4 is 29.3 Å². The number of carbonyl (C=O) groups is 1. The van der Waals surface area contributed by atoms with Crippen LogP contribution in [0.5, 0.6) is 0 Å². The highest BCUT2D eigenvalue weighted by Crippen LogP contribution is 2.31. The second kappa shape index (κ2) is 10.1. The summed E-state index contributed by atoms with van der Waals surface area (Å²) < 4.78 is 15.0. The standard InChI is InChI=1S/C24H21ClFN5OS/c1-16-20(25)4-3-5-21(16)31-23(18-10-12-27-13-11-18)28-29-24(31)33-15-22(32)30(2)14-17-6-8-19(26)9-7-17/h3-13H,14-15H2,1-2H3. The number of thioether (sulfide) groups is 1. The summed E-state index contributed by atoms with van der Waals surface area (Å²) in [5.74, 6) is 0.430. The molecule has 0 saturated heterocycles. The third kappa shape index (κ3) is 5.23. The van der Waals surface area contributed by atoms with Crippen LogP contribution in [-0.4, -0.2) is 43.4 Å². The first kappa shape index (κ1) is 22.9. The number of pyridine rings is 1. The maximum atomic E-state index is 13.1. The molecule has 9 heteroatoms. The zero-order valence-corrected chi connectivity index (χ0v) is 19.6. The van der Waals surface area contributed by atoms with Gasteiger partial charge in [0.15, 0.2) is 11.0 Å². The highest BCUT2D eigenvalue weighted by molar-refractivity contribution is 7.99. The largest absolute Gasteiger partial charge is 0.341 e. The normalized spacial score (nSPS) is 10.9. The SMILES string of the molecule is Cc1c(Cl)cccc1-n1c(SCC(=O)N(C)Cc2ccc(F)cc2)nnc1-c1ccncc1. The van der Waals surface area contributed by atoms with Crippen molar-refractivity contribution in [3.05, 3.63) is 89.0 Å². The van der Waals surface area contributed by atoms with Crippen LogP contribution in [0.2, 0.25) is 5.02 Å². The molecule has 2 heterocycles. The minimum atomic E-state index is -0.302. The lowest BCUT2D eigenvalue weighted by molar-refractivity contribution is -0.127. The Bertz CT molecular complexity index is 1260. The Balaban J connectivity index is 1.59. The first-order valence-electron chi connectivity index (χ1n) is 10.2. The van der Waals surface area contributed by atoms with Crippen LogP contribution in [0.3, 0.4) is 0 Å². The smallest absolute Gasteiger partial charge is 0.233 e. The van der Waals surface area contributed by atoms with Gasteiger partial charge in [0.1, 0.15) is 5.82 Å².